The maximum Gasteiger partial charge on any atom is 0.230 e. The van der Waals surface area contributed by atoms with Crippen LogP contribution in [0, 0.1) is 5.92 Å². The maximum absolute atomic E-state index is 12.8. The van der Waals surface area contributed by atoms with Crippen molar-refractivity contribution in [1.29, 1.82) is 0 Å². The van der Waals surface area contributed by atoms with Gasteiger partial charge in [0.2, 0.25) is 5.91 Å². The number of carbonyl (C=O) groups excluding carboxylic acids is 1. The summed E-state index contributed by atoms with van der Waals surface area (Å²) in [5, 5.41) is 3.68. The minimum absolute atomic E-state index is 0.118. The monoisotopic (exact) mass is 286 g/mol. The normalized spacial score (nSPS) is 13.7. The molecule has 0 saturated heterocycles. The summed E-state index contributed by atoms with van der Waals surface area (Å²) in [6, 6.07) is 11.8. The highest BCUT2D eigenvalue weighted by atomic mass is 16.5. The predicted molar refractivity (Wildman–Crippen MR) is 81.6 cm³/mol. The number of benzene rings is 1. The molecule has 0 saturated carbocycles. The summed E-state index contributed by atoms with van der Waals surface area (Å²) < 4.78 is 5.08. The zero-order chi connectivity index (χ0) is 15.2. The molecule has 1 amide bonds. The van der Waals surface area contributed by atoms with Crippen LogP contribution >= 0.6 is 0 Å². The molecule has 0 radical (unpaired) electrons. The average molecular weight is 286 g/mol. The van der Waals surface area contributed by atoms with Gasteiger partial charge in [0.05, 0.1) is 18.7 Å². The molecule has 2 rings (SSSR count). The molecule has 1 heterocycles. The summed E-state index contributed by atoms with van der Waals surface area (Å²) in [6.07, 6.45) is 2.55. The number of nitrogens with zero attached hydrogens (tertiary/aromatic N) is 2. The lowest BCUT2D eigenvalue weighted by Crippen LogP contribution is -2.34. The molecule has 0 N–H and O–H groups in total. The highest BCUT2D eigenvalue weighted by Crippen LogP contribution is 2.29. The van der Waals surface area contributed by atoms with Crippen LogP contribution < -0.4 is 0 Å². The van der Waals surface area contributed by atoms with E-state index >= 15 is 0 Å². The van der Waals surface area contributed by atoms with E-state index < -0.39 is 0 Å². The fourth-order valence-corrected chi connectivity index (χ4v) is 2.48. The molecule has 0 aliphatic carbocycles. The standard InChI is InChI=1S/C17H22N2O2/c1-4-13(2)16(14-8-6-5-7-9-14)17(20)19(3)12-15-10-11-18-21-15/h5-11,13,16H,4,12H2,1-3H3. The van der Waals surface area contributed by atoms with Crippen molar-refractivity contribution in [3.63, 3.8) is 0 Å². The SMILES string of the molecule is CCC(C)C(C(=O)N(C)Cc1ccno1)c1ccccc1. The van der Waals surface area contributed by atoms with Gasteiger partial charge in [0.25, 0.3) is 0 Å². The molecule has 2 unspecified atom stereocenters. The fourth-order valence-electron chi connectivity index (χ4n) is 2.48. The second-order valence-electron chi connectivity index (χ2n) is 5.45. The maximum atomic E-state index is 12.8. The van der Waals surface area contributed by atoms with Crippen molar-refractivity contribution in [2.24, 2.45) is 5.92 Å². The van der Waals surface area contributed by atoms with Gasteiger partial charge in [0.15, 0.2) is 5.76 Å². The summed E-state index contributed by atoms with van der Waals surface area (Å²) in [6.45, 7) is 4.68. The zero-order valence-corrected chi connectivity index (χ0v) is 12.8. The van der Waals surface area contributed by atoms with Crippen LogP contribution in [0.25, 0.3) is 0 Å². The van der Waals surface area contributed by atoms with Crippen LogP contribution in [0.3, 0.4) is 0 Å². The minimum Gasteiger partial charge on any atom is -0.360 e. The minimum atomic E-state index is -0.121. The molecule has 0 aliphatic heterocycles. The molecule has 1 aromatic carbocycles. The Labute approximate surface area is 125 Å². The first-order valence-corrected chi connectivity index (χ1v) is 7.33. The van der Waals surface area contributed by atoms with E-state index in [1.54, 1.807) is 17.2 Å². The lowest BCUT2D eigenvalue weighted by molar-refractivity contribution is -0.133. The third kappa shape index (κ3) is 3.72. The van der Waals surface area contributed by atoms with E-state index in [2.05, 4.69) is 19.0 Å². The number of amides is 1. The van der Waals surface area contributed by atoms with E-state index in [-0.39, 0.29) is 17.7 Å². The molecule has 21 heavy (non-hydrogen) atoms. The van der Waals surface area contributed by atoms with Crippen LogP contribution in [-0.2, 0) is 11.3 Å². The quantitative estimate of drug-likeness (QED) is 0.817. The highest BCUT2D eigenvalue weighted by molar-refractivity contribution is 5.83. The Kier molecular flexibility index (Phi) is 5.14. The summed E-state index contributed by atoms with van der Waals surface area (Å²) in [7, 11) is 1.81. The van der Waals surface area contributed by atoms with E-state index in [0.29, 0.717) is 12.3 Å². The molecule has 0 bridgehead atoms. The summed E-state index contributed by atoms with van der Waals surface area (Å²) >= 11 is 0. The number of likely N-dealkylation sites (N-methyl/N-ethyl adjacent to an activating group) is 1. The Morgan fingerprint density at radius 3 is 2.57 bits per heavy atom. The molecule has 112 valence electrons. The molecular formula is C17H22N2O2. The van der Waals surface area contributed by atoms with Crippen LogP contribution in [0.15, 0.2) is 47.1 Å². The van der Waals surface area contributed by atoms with E-state index in [0.717, 1.165) is 12.0 Å². The Balaban J connectivity index is 2.18. The van der Waals surface area contributed by atoms with Crippen molar-refractivity contribution in [1.82, 2.24) is 10.1 Å². The summed E-state index contributed by atoms with van der Waals surface area (Å²) in [5.41, 5.74) is 1.07. The fraction of sp³-hybridized carbons (Fsp3) is 0.412. The third-order valence-electron chi connectivity index (χ3n) is 3.90. The highest BCUT2D eigenvalue weighted by Gasteiger charge is 2.28. The van der Waals surface area contributed by atoms with Crippen LogP contribution in [0.1, 0.15) is 37.5 Å². The van der Waals surface area contributed by atoms with Crippen LogP contribution in [0.4, 0.5) is 0 Å². The molecule has 0 aliphatic rings. The van der Waals surface area contributed by atoms with Gasteiger partial charge in [0, 0.05) is 13.1 Å². The van der Waals surface area contributed by atoms with E-state index in [1.165, 1.54) is 0 Å². The largest absolute Gasteiger partial charge is 0.360 e. The van der Waals surface area contributed by atoms with Gasteiger partial charge in [0.1, 0.15) is 0 Å². The molecule has 0 fully saturated rings. The van der Waals surface area contributed by atoms with Crippen LogP contribution in [-0.4, -0.2) is 23.0 Å². The molecule has 0 spiro atoms. The van der Waals surface area contributed by atoms with E-state index in [9.17, 15) is 4.79 Å². The van der Waals surface area contributed by atoms with Crippen molar-refractivity contribution in [3.8, 4) is 0 Å². The Hall–Kier alpha value is -2.10. The first-order valence-electron chi connectivity index (χ1n) is 7.33. The Bertz CT molecular complexity index is 551. The van der Waals surface area contributed by atoms with Crippen molar-refractivity contribution in [3.05, 3.63) is 53.9 Å². The average Bonchev–Trinajstić information content (AvgIpc) is 3.01. The van der Waals surface area contributed by atoms with E-state index in [4.69, 9.17) is 4.52 Å². The van der Waals surface area contributed by atoms with E-state index in [1.807, 2.05) is 37.4 Å². The summed E-state index contributed by atoms with van der Waals surface area (Å²) in [5.74, 6) is 0.981. The topological polar surface area (TPSA) is 46.3 Å². The predicted octanol–water partition coefficient (Wildman–Crippen LogP) is 3.46. The number of rotatable bonds is 6. The van der Waals surface area contributed by atoms with Gasteiger partial charge in [-0.15, -0.1) is 0 Å². The molecule has 4 heteroatoms. The molecule has 4 nitrogen and oxygen atoms in total. The number of hydrogen-bond donors (Lipinski definition) is 0. The molecule has 1 aromatic heterocycles. The summed E-state index contributed by atoms with van der Waals surface area (Å²) in [4.78, 5) is 14.5. The van der Waals surface area contributed by atoms with Gasteiger partial charge in [-0.2, -0.15) is 0 Å². The van der Waals surface area contributed by atoms with Gasteiger partial charge < -0.3 is 9.42 Å². The second-order valence-corrected chi connectivity index (χ2v) is 5.45. The Morgan fingerprint density at radius 2 is 2.00 bits per heavy atom. The zero-order valence-electron chi connectivity index (χ0n) is 12.8. The first-order chi connectivity index (χ1) is 10.1. The molecule has 2 aromatic rings. The van der Waals surface area contributed by atoms with Crippen molar-refractivity contribution < 1.29 is 9.32 Å². The van der Waals surface area contributed by atoms with Gasteiger partial charge in [-0.25, -0.2) is 0 Å². The third-order valence-corrected chi connectivity index (χ3v) is 3.90. The number of hydrogen-bond acceptors (Lipinski definition) is 3. The van der Waals surface area contributed by atoms with Gasteiger partial charge in [-0.3, -0.25) is 4.79 Å². The lowest BCUT2D eigenvalue weighted by Gasteiger charge is -2.27. The number of aromatic nitrogens is 1. The molecule has 2 atom stereocenters. The van der Waals surface area contributed by atoms with Crippen molar-refractivity contribution in [2.75, 3.05) is 7.05 Å². The van der Waals surface area contributed by atoms with Gasteiger partial charge >= 0.3 is 0 Å². The van der Waals surface area contributed by atoms with Gasteiger partial charge in [-0.1, -0.05) is 55.8 Å². The van der Waals surface area contributed by atoms with Crippen molar-refractivity contribution in [2.45, 2.75) is 32.7 Å². The smallest absolute Gasteiger partial charge is 0.230 e. The Morgan fingerprint density at radius 1 is 1.29 bits per heavy atom. The van der Waals surface area contributed by atoms with Crippen LogP contribution in [0.2, 0.25) is 0 Å². The van der Waals surface area contributed by atoms with Gasteiger partial charge in [-0.05, 0) is 11.5 Å². The number of carbonyl (C=O) groups is 1. The first kappa shape index (κ1) is 15.3. The van der Waals surface area contributed by atoms with Crippen molar-refractivity contribution >= 4 is 5.91 Å². The molecular weight excluding hydrogens is 264 g/mol. The lowest BCUT2D eigenvalue weighted by atomic mass is 9.84. The van der Waals surface area contributed by atoms with Crippen LogP contribution in [0.5, 0.6) is 0 Å². The second kappa shape index (κ2) is 7.07.